The Hall–Kier alpha value is -1.75. The topological polar surface area (TPSA) is 67.8 Å². The number of ether oxygens (including phenoxy) is 2. The Morgan fingerprint density at radius 3 is 2.83 bits per heavy atom. The Balaban J connectivity index is 1.89. The van der Waals surface area contributed by atoms with Crippen molar-refractivity contribution in [1.29, 1.82) is 0 Å². The van der Waals surface area contributed by atoms with Gasteiger partial charge in [-0.05, 0) is 38.0 Å². The fourth-order valence-corrected chi connectivity index (χ4v) is 1.69. The van der Waals surface area contributed by atoms with E-state index in [1.54, 1.807) is 13.8 Å². The van der Waals surface area contributed by atoms with Crippen LogP contribution in [0.5, 0.6) is 11.5 Å². The number of rotatable bonds is 5. The molecular weight excluding hydrogens is 234 g/mol. The highest BCUT2D eigenvalue weighted by atomic mass is 16.7. The van der Waals surface area contributed by atoms with Crippen LogP contribution in [0.2, 0.25) is 0 Å². The monoisotopic (exact) mass is 251 g/mol. The van der Waals surface area contributed by atoms with E-state index in [-0.39, 0.29) is 6.79 Å². The number of hydrogen-bond donors (Lipinski definition) is 2. The molecule has 98 valence electrons. The zero-order chi connectivity index (χ0) is 13.2. The van der Waals surface area contributed by atoms with Crippen LogP contribution in [0.15, 0.2) is 18.2 Å². The van der Waals surface area contributed by atoms with Gasteiger partial charge in [-0.3, -0.25) is 4.79 Å². The quantitative estimate of drug-likeness (QED) is 0.828. The first kappa shape index (κ1) is 12.7. The van der Waals surface area contributed by atoms with Gasteiger partial charge >= 0.3 is 5.97 Å². The van der Waals surface area contributed by atoms with Crippen LogP contribution in [0.25, 0.3) is 0 Å². The van der Waals surface area contributed by atoms with Crippen LogP contribution in [0.3, 0.4) is 0 Å². The highest BCUT2D eigenvalue weighted by molar-refractivity contribution is 5.77. The third kappa shape index (κ3) is 2.73. The highest BCUT2D eigenvalue weighted by Crippen LogP contribution is 2.32. The van der Waals surface area contributed by atoms with Crippen molar-refractivity contribution in [2.24, 2.45) is 0 Å². The molecule has 1 aromatic rings. The second kappa shape index (κ2) is 4.86. The first-order chi connectivity index (χ1) is 8.49. The first-order valence-electron chi connectivity index (χ1n) is 5.86. The molecule has 0 aliphatic carbocycles. The van der Waals surface area contributed by atoms with Crippen molar-refractivity contribution in [3.63, 3.8) is 0 Å². The van der Waals surface area contributed by atoms with Gasteiger partial charge in [-0.1, -0.05) is 6.07 Å². The number of carbonyl (C=O) groups is 1. The summed E-state index contributed by atoms with van der Waals surface area (Å²) in [5.74, 6) is 0.663. The molecule has 1 aliphatic heterocycles. The first-order valence-corrected chi connectivity index (χ1v) is 5.86. The highest BCUT2D eigenvalue weighted by Gasteiger charge is 2.25. The van der Waals surface area contributed by atoms with Gasteiger partial charge in [-0.15, -0.1) is 0 Å². The zero-order valence-electron chi connectivity index (χ0n) is 10.5. The summed E-state index contributed by atoms with van der Waals surface area (Å²) in [7, 11) is 0. The summed E-state index contributed by atoms with van der Waals surface area (Å²) in [6, 6.07) is 5.76. The molecule has 0 aromatic heterocycles. The van der Waals surface area contributed by atoms with Crippen molar-refractivity contribution < 1.29 is 19.4 Å². The summed E-state index contributed by atoms with van der Waals surface area (Å²) < 4.78 is 10.5. The third-order valence-corrected chi connectivity index (χ3v) is 2.95. The van der Waals surface area contributed by atoms with Gasteiger partial charge in [0, 0.05) is 6.54 Å². The summed E-state index contributed by atoms with van der Waals surface area (Å²) in [5, 5.41) is 12.0. The molecule has 2 N–H and O–H groups in total. The number of hydrogen-bond acceptors (Lipinski definition) is 4. The van der Waals surface area contributed by atoms with Crippen LogP contribution >= 0.6 is 0 Å². The van der Waals surface area contributed by atoms with E-state index in [0.29, 0.717) is 6.54 Å². The van der Waals surface area contributed by atoms with Crippen molar-refractivity contribution in [2.45, 2.75) is 25.8 Å². The molecule has 18 heavy (non-hydrogen) atoms. The largest absolute Gasteiger partial charge is 0.480 e. The Kier molecular flexibility index (Phi) is 3.43. The predicted octanol–water partition coefficient (Wildman–Crippen LogP) is 1.41. The van der Waals surface area contributed by atoms with E-state index in [1.807, 2.05) is 18.2 Å². The van der Waals surface area contributed by atoms with Crippen LogP contribution in [0.1, 0.15) is 19.4 Å². The molecule has 1 aromatic carbocycles. The summed E-state index contributed by atoms with van der Waals surface area (Å²) in [4.78, 5) is 10.9. The molecule has 0 spiro atoms. The Morgan fingerprint density at radius 2 is 2.11 bits per heavy atom. The SMILES string of the molecule is CC(C)(NCCc1ccc2c(c1)OCO2)C(=O)O. The molecule has 0 fully saturated rings. The molecule has 1 aliphatic rings. The van der Waals surface area contributed by atoms with E-state index in [0.717, 1.165) is 23.5 Å². The van der Waals surface area contributed by atoms with Gasteiger partial charge in [0.15, 0.2) is 11.5 Å². The minimum Gasteiger partial charge on any atom is -0.480 e. The number of benzene rings is 1. The van der Waals surface area contributed by atoms with Crippen LogP contribution < -0.4 is 14.8 Å². The van der Waals surface area contributed by atoms with Crippen molar-refractivity contribution in [3.05, 3.63) is 23.8 Å². The zero-order valence-corrected chi connectivity index (χ0v) is 10.5. The average Bonchev–Trinajstić information content (AvgIpc) is 2.75. The number of carboxylic acid groups (broad SMARTS) is 1. The molecule has 0 unspecified atom stereocenters. The van der Waals surface area contributed by atoms with E-state index in [2.05, 4.69) is 5.32 Å². The summed E-state index contributed by atoms with van der Waals surface area (Å²) in [6.45, 7) is 4.16. The van der Waals surface area contributed by atoms with Crippen LogP contribution in [-0.2, 0) is 11.2 Å². The lowest BCUT2D eigenvalue weighted by molar-refractivity contribution is -0.143. The average molecular weight is 251 g/mol. The molecule has 0 saturated carbocycles. The standard InChI is InChI=1S/C13H17NO4/c1-13(2,12(15)16)14-6-5-9-3-4-10-11(7-9)18-8-17-10/h3-4,7,14H,5-6,8H2,1-2H3,(H,15,16). The Labute approximate surface area is 106 Å². The predicted molar refractivity (Wildman–Crippen MR) is 66.0 cm³/mol. The molecule has 5 nitrogen and oxygen atoms in total. The number of nitrogens with one attached hydrogen (secondary N) is 1. The molecule has 0 atom stereocenters. The number of aliphatic carboxylic acids is 1. The van der Waals surface area contributed by atoms with E-state index in [9.17, 15) is 4.79 Å². The van der Waals surface area contributed by atoms with E-state index in [4.69, 9.17) is 14.6 Å². The molecule has 0 amide bonds. The fourth-order valence-electron chi connectivity index (χ4n) is 1.69. The third-order valence-electron chi connectivity index (χ3n) is 2.95. The van der Waals surface area contributed by atoms with Crippen LogP contribution in [0, 0.1) is 0 Å². The number of fused-ring (bicyclic) bond motifs is 1. The second-order valence-electron chi connectivity index (χ2n) is 4.79. The van der Waals surface area contributed by atoms with Crippen LogP contribution in [0.4, 0.5) is 0 Å². The van der Waals surface area contributed by atoms with Gasteiger partial charge in [0.1, 0.15) is 5.54 Å². The van der Waals surface area contributed by atoms with Gasteiger partial charge in [-0.25, -0.2) is 0 Å². The van der Waals surface area contributed by atoms with Gasteiger partial charge < -0.3 is 19.9 Å². The molecule has 0 saturated heterocycles. The maximum absolute atomic E-state index is 10.9. The number of carboxylic acids is 1. The lowest BCUT2D eigenvalue weighted by Crippen LogP contribution is -2.47. The Bertz CT molecular complexity index is 456. The van der Waals surface area contributed by atoms with E-state index in [1.165, 1.54) is 0 Å². The van der Waals surface area contributed by atoms with Crippen molar-refractivity contribution >= 4 is 5.97 Å². The second-order valence-corrected chi connectivity index (χ2v) is 4.79. The molecule has 2 rings (SSSR count). The maximum Gasteiger partial charge on any atom is 0.323 e. The Morgan fingerprint density at radius 1 is 1.39 bits per heavy atom. The normalized spacial score (nSPS) is 13.7. The maximum atomic E-state index is 10.9. The van der Waals surface area contributed by atoms with Gasteiger partial charge in [-0.2, -0.15) is 0 Å². The fraction of sp³-hybridized carbons (Fsp3) is 0.462. The van der Waals surface area contributed by atoms with Crippen molar-refractivity contribution in [1.82, 2.24) is 5.32 Å². The van der Waals surface area contributed by atoms with Gasteiger partial charge in [0.25, 0.3) is 0 Å². The summed E-state index contributed by atoms with van der Waals surface area (Å²) in [5.41, 5.74) is 0.184. The van der Waals surface area contributed by atoms with Crippen molar-refractivity contribution in [2.75, 3.05) is 13.3 Å². The molecule has 5 heteroatoms. The van der Waals surface area contributed by atoms with E-state index >= 15 is 0 Å². The lowest BCUT2D eigenvalue weighted by atomic mass is 10.1. The van der Waals surface area contributed by atoms with Crippen LogP contribution in [-0.4, -0.2) is 30.0 Å². The molecular formula is C13H17NO4. The van der Waals surface area contributed by atoms with Crippen molar-refractivity contribution in [3.8, 4) is 11.5 Å². The van der Waals surface area contributed by atoms with E-state index < -0.39 is 11.5 Å². The smallest absolute Gasteiger partial charge is 0.323 e. The van der Waals surface area contributed by atoms with Gasteiger partial charge in [0.2, 0.25) is 6.79 Å². The van der Waals surface area contributed by atoms with Gasteiger partial charge in [0.05, 0.1) is 0 Å². The molecule has 0 bridgehead atoms. The minimum absolute atomic E-state index is 0.267. The summed E-state index contributed by atoms with van der Waals surface area (Å²) >= 11 is 0. The lowest BCUT2D eigenvalue weighted by Gasteiger charge is -2.20. The molecule has 1 heterocycles. The molecule has 0 radical (unpaired) electrons. The minimum atomic E-state index is -0.906. The summed E-state index contributed by atoms with van der Waals surface area (Å²) in [6.07, 6.45) is 0.743.